The molecular formula is C5H12N4NaO2S-. The topological polar surface area (TPSA) is 76.8 Å². The van der Waals surface area contributed by atoms with E-state index in [4.69, 9.17) is 18.5 Å². The van der Waals surface area contributed by atoms with E-state index >= 15 is 0 Å². The molecule has 1 aliphatic rings. The standard InChI is InChI=1S/C5H14N4O2S.Na/c1-4-8(2-3-11-10)7-5(12)9(4)6;/h4-5,7,10,12H,2-3,6H2,1H3;/q;+1/p-2. The SMILES string of the molecule is CC1N(CCO[O-])NC([S-])N1N.[Na+]. The van der Waals surface area contributed by atoms with Gasteiger partial charge in [-0.3, -0.25) is 11.3 Å². The Morgan fingerprint density at radius 1 is 1.69 bits per heavy atom. The first kappa shape index (κ1) is 14.1. The number of nitrogens with zero attached hydrogens (tertiary/aromatic N) is 2. The van der Waals surface area contributed by atoms with Crippen molar-refractivity contribution in [2.24, 2.45) is 5.84 Å². The van der Waals surface area contributed by atoms with E-state index in [1.807, 2.05) is 6.92 Å². The third-order valence-corrected chi connectivity index (χ3v) is 2.19. The van der Waals surface area contributed by atoms with Gasteiger partial charge in [0.1, 0.15) is 0 Å². The van der Waals surface area contributed by atoms with E-state index in [0.29, 0.717) is 6.54 Å². The maximum atomic E-state index is 9.73. The second kappa shape index (κ2) is 6.57. The minimum Gasteiger partial charge on any atom is -0.756 e. The molecule has 0 spiro atoms. The molecular weight excluding hydrogens is 203 g/mol. The van der Waals surface area contributed by atoms with Gasteiger partial charge in [-0.25, -0.2) is 10.0 Å². The molecule has 0 saturated carbocycles. The molecule has 1 fully saturated rings. The molecule has 0 bridgehead atoms. The van der Waals surface area contributed by atoms with Crippen LogP contribution in [0.4, 0.5) is 0 Å². The van der Waals surface area contributed by atoms with Crippen LogP contribution >= 0.6 is 0 Å². The number of hydrogen-bond acceptors (Lipinski definition) is 7. The van der Waals surface area contributed by atoms with E-state index in [2.05, 4.69) is 10.3 Å². The van der Waals surface area contributed by atoms with Crippen LogP contribution in [0.2, 0.25) is 0 Å². The van der Waals surface area contributed by atoms with E-state index < -0.39 is 0 Å². The van der Waals surface area contributed by atoms with E-state index in [1.54, 1.807) is 5.01 Å². The predicted molar refractivity (Wildman–Crippen MR) is 42.4 cm³/mol. The zero-order chi connectivity index (χ0) is 9.14. The van der Waals surface area contributed by atoms with Crippen molar-refractivity contribution in [2.45, 2.75) is 18.6 Å². The van der Waals surface area contributed by atoms with Gasteiger partial charge in [-0.15, -0.1) is 0 Å². The average molecular weight is 215 g/mol. The Morgan fingerprint density at radius 2 is 2.31 bits per heavy atom. The van der Waals surface area contributed by atoms with Crippen molar-refractivity contribution in [2.75, 3.05) is 13.2 Å². The van der Waals surface area contributed by atoms with Crippen LogP contribution in [0, 0.1) is 0 Å². The molecule has 1 saturated heterocycles. The molecule has 72 valence electrons. The van der Waals surface area contributed by atoms with Crippen molar-refractivity contribution in [3.63, 3.8) is 0 Å². The van der Waals surface area contributed by atoms with E-state index in [9.17, 15) is 5.26 Å². The van der Waals surface area contributed by atoms with Gasteiger partial charge in [-0.1, -0.05) is 0 Å². The molecule has 0 aliphatic carbocycles. The third-order valence-electron chi connectivity index (χ3n) is 1.85. The summed E-state index contributed by atoms with van der Waals surface area (Å²) in [4.78, 5) is 3.70. The minimum atomic E-state index is -0.313. The quantitative estimate of drug-likeness (QED) is 0.160. The molecule has 3 N–H and O–H groups in total. The summed E-state index contributed by atoms with van der Waals surface area (Å²) in [5, 5.41) is 13.0. The molecule has 8 heteroatoms. The summed E-state index contributed by atoms with van der Waals surface area (Å²) >= 11 is 4.96. The van der Waals surface area contributed by atoms with Gasteiger partial charge in [0, 0.05) is 13.2 Å². The number of rotatable bonds is 3. The third kappa shape index (κ3) is 3.63. The fraction of sp³-hybridized carbons (Fsp3) is 1.00. The molecule has 1 heterocycles. The molecule has 2 atom stereocenters. The first-order valence-corrected chi connectivity index (χ1v) is 4.10. The van der Waals surface area contributed by atoms with Crippen molar-refractivity contribution in [3.05, 3.63) is 0 Å². The molecule has 1 aliphatic heterocycles. The number of nitrogens with two attached hydrogens (primary N) is 1. The van der Waals surface area contributed by atoms with Crippen LogP contribution in [-0.2, 0) is 17.5 Å². The second-order valence-corrected chi connectivity index (χ2v) is 3.02. The molecule has 0 amide bonds. The summed E-state index contributed by atoms with van der Waals surface area (Å²) in [6.07, 6.45) is -0.0114. The van der Waals surface area contributed by atoms with Crippen LogP contribution in [-0.4, -0.2) is 34.8 Å². The van der Waals surface area contributed by atoms with Crippen molar-refractivity contribution >= 4 is 12.6 Å². The summed E-state index contributed by atoms with van der Waals surface area (Å²) in [5.41, 5.74) is 2.61. The van der Waals surface area contributed by atoms with Crippen LogP contribution in [0.5, 0.6) is 0 Å². The Kier molecular flexibility index (Phi) is 7.13. The second-order valence-electron chi connectivity index (χ2n) is 2.58. The van der Waals surface area contributed by atoms with Gasteiger partial charge in [-0.05, 0) is 12.4 Å². The van der Waals surface area contributed by atoms with Crippen LogP contribution < -0.4 is 46.1 Å². The first-order valence-electron chi connectivity index (χ1n) is 3.63. The molecule has 2 unspecified atom stereocenters. The molecule has 1 rings (SSSR count). The van der Waals surface area contributed by atoms with Crippen LogP contribution in [0.3, 0.4) is 0 Å². The fourth-order valence-corrected chi connectivity index (χ4v) is 1.37. The van der Waals surface area contributed by atoms with E-state index in [1.165, 1.54) is 5.01 Å². The zero-order valence-corrected chi connectivity index (χ0v) is 10.6. The first-order chi connectivity index (χ1) is 5.66. The van der Waals surface area contributed by atoms with Crippen LogP contribution in [0.25, 0.3) is 0 Å². The summed E-state index contributed by atoms with van der Waals surface area (Å²) in [6.45, 7) is 2.49. The van der Waals surface area contributed by atoms with Gasteiger partial charge in [0.2, 0.25) is 0 Å². The van der Waals surface area contributed by atoms with Crippen molar-refractivity contribution in [1.29, 1.82) is 0 Å². The monoisotopic (exact) mass is 215 g/mol. The Labute approximate surface area is 105 Å². The van der Waals surface area contributed by atoms with E-state index in [0.717, 1.165) is 0 Å². The number of hydrazine groups is 2. The predicted octanol–water partition coefficient (Wildman–Crippen LogP) is -5.55. The Balaban J connectivity index is 0.00000144. The fourth-order valence-electron chi connectivity index (χ4n) is 1.06. The Bertz CT molecular complexity index is 154. The largest absolute Gasteiger partial charge is 1.00 e. The van der Waals surface area contributed by atoms with E-state index in [-0.39, 0.29) is 47.8 Å². The average Bonchev–Trinajstić information content (AvgIpc) is 2.30. The molecule has 0 aromatic rings. The number of nitrogens with one attached hydrogen (secondary N) is 1. The van der Waals surface area contributed by atoms with Gasteiger partial charge >= 0.3 is 29.6 Å². The smallest absolute Gasteiger partial charge is 0.756 e. The van der Waals surface area contributed by atoms with Gasteiger partial charge in [-0.2, -0.15) is 0 Å². The normalized spacial score (nSPS) is 30.5. The number of hydrogen-bond donors (Lipinski definition) is 2. The van der Waals surface area contributed by atoms with Gasteiger partial charge in [0.25, 0.3) is 0 Å². The van der Waals surface area contributed by atoms with Gasteiger partial charge in [0.15, 0.2) is 0 Å². The summed E-state index contributed by atoms with van der Waals surface area (Å²) in [5.74, 6) is 5.59. The zero-order valence-electron chi connectivity index (χ0n) is 7.77. The summed E-state index contributed by atoms with van der Waals surface area (Å²) in [6, 6.07) is 0. The van der Waals surface area contributed by atoms with Crippen molar-refractivity contribution < 1.29 is 39.7 Å². The molecule has 0 aromatic heterocycles. The Hall–Kier alpha value is 1.11. The van der Waals surface area contributed by atoms with Crippen molar-refractivity contribution in [3.8, 4) is 0 Å². The molecule has 6 nitrogen and oxygen atoms in total. The summed E-state index contributed by atoms with van der Waals surface area (Å²) < 4.78 is 0. The Morgan fingerprint density at radius 3 is 2.69 bits per heavy atom. The molecule has 13 heavy (non-hydrogen) atoms. The minimum absolute atomic E-state index is 0. The van der Waals surface area contributed by atoms with Crippen LogP contribution in [0.1, 0.15) is 6.92 Å². The maximum Gasteiger partial charge on any atom is 1.00 e. The summed E-state index contributed by atoms with van der Waals surface area (Å²) in [7, 11) is 0. The van der Waals surface area contributed by atoms with Crippen LogP contribution in [0.15, 0.2) is 0 Å². The molecule has 0 aromatic carbocycles. The molecule has 0 radical (unpaired) electrons. The van der Waals surface area contributed by atoms with Crippen molar-refractivity contribution in [1.82, 2.24) is 15.4 Å². The van der Waals surface area contributed by atoms with Gasteiger partial charge < -0.3 is 22.8 Å². The maximum absolute atomic E-state index is 9.73. The van der Waals surface area contributed by atoms with Gasteiger partial charge in [0.05, 0.1) is 6.17 Å².